The number of ether oxygens (including phenoxy) is 1. The van der Waals surface area contributed by atoms with Gasteiger partial charge >= 0.3 is 0 Å². The van der Waals surface area contributed by atoms with Crippen LogP contribution in [0.25, 0.3) is 0 Å². The molecule has 3 aliphatic rings. The maximum absolute atomic E-state index is 6.03. The largest absolute Gasteiger partial charge is 0.439 e. The predicted octanol–water partition coefficient (Wildman–Crippen LogP) is 3.85. The van der Waals surface area contributed by atoms with E-state index >= 15 is 0 Å². The quantitative estimate of drug-likeness (QED) is 0.898. The molecule has 0 spiro atoms. The van der Waals surface area contributed by atoms with Crippen LogP contribution in [-0.4, -0.2) is 35.2 Å². The van der Waals surface area contributed by atoms with Gasteiger partial charge in [0.05, 0.1) is 6.04 Å². The summed E-state index contributed by atoms with van der Waals surface area (Å²) in [5.41, 5.74) is 7.12. The van der Waals surface area contributed by atoms with E-state index in [1.807, 2.05) is 18.5 Å². The molecule has 1 saturated carbocycles. The van der Waals surface area contributed by atoms with Crippen LogP contribution in [-0.2, 0) is 12.8 Å². The summed E-state index contributed by atoms with van der Waals surface area (Å²) in [4.78, 5) is 7.16. The molecule has 1 aliphatic carbocycles. The fourth-order valence-electron chi connectivity index (χ4n) is 4.24. The van der Waals surface area contributed by atoms with Crippen molar-refractivity contribution in [2.75, 3.05) is 13.1 Å². The van der Waals surface area contributed by atoms with E-state index < -0.39 is 0 Å². The molecule has 0 radical (unpaired) electrons. The van der Waals surface area contributed by atoms with Gasteiger partial charge in [0.1, 0.15) is 5.75 Å². The minimum absolute atomic E-state index is 0.234. The van der Waals surface area contributed by atoms with Crippen molar-refractivity contribution in [2.24, 2.45) is 5.10 Å². The van der Waals surface area contributed by atoms with E-state index in [0.29, 0.717) is 5.88 Å². The molecule has 0 saturated heterocycles. The molecule has 5 nitrogen and oxygen atoms in total. The van der Waals surface area contributed by atoms with Gasteiger partial charge in [-0.2, -0.15) is 5.10 Å². The Morgan fingerprint density at radius 2 is 1.93 bits per heavy atom. The van der Waals surface area contributed by atoms with Crippen molar-refractivity contribution < 1.29 is 4.74 Å². The van der Waals surface area contributed by atoms with Gasteiger partial charge in [0.25, 0.3) is 0 Å². The smallest absolute Gasteiger partial charge is 0.219 e. The van der Waals surface area contributed by atoms with E-state index in [-0.39, 0.29) is 6.04 Å². The monoisotopic (exact) mass is 362 g/mol. The Morgan fingerprint density at radius 3 is 2.63 bits per heavy atom. The summed E-state index contributed by atoms with van der Waals surface area (Å²) >= 11 is 0. The van der Waals surface area contributed by atoms with E-state index in [2.05, 4.69) is 44.7 Å². The van der Waals surface area contributed by atoms with E-state index in [1.165, 1.54) is 43.5 Å². The second kappa shape index (κ2) is 7.31. The van der Waals surface area contributed by atoms with Gasteiger partial charge in [0.15, 0.2) is 0 Å². The lowest BCUT2D eigenvalue weighted by molar-refractivity contribution is 0.133. The first-order valence-corrected chi connectivity index (χ1v) is 10.1. The fourth-order valence-corrected chi connectivity index (χ4v) is 4.24. The highest BCUT2D eigenvalue weighted by atomic mass is 16.5. The average Bonchev–Trinajstić information content (AvgIpc) is 3.11. The Labute approximate surface area is 160 Å². The number of hydrazone groups is 1. The van der Waals surface area contributed by atoms with Gasteiger partial charge in [-0.15, -0.1) is 0 Å². The molecule has 1 unspecified atom stereocenters. The molecule has 140 valence electrons. The van der Waals surface area contributed by atoms with Crippen LogP contribution in [0, 0.1) is 0 Å². The molecule has 3 heterocycles. The molecule has 1 N–H and O–H groups in total. The molecule has 1 aromatic carbocycles. The van der Waals surface area contributed by atoms with Crippen molar-refractivity contribution in [1.29, 1.82) is 0 Å². The molecule has 2 aliphatic heterocycles. The van der Waals surface area contributed by atoms with E-state index in [0.717, 1.165) is 36.6 Å². The zero-order chi connectivity index (χ0) is 18.1. The maximum Gasteiger partial charge on any atom is 0.219 e. The third-order valence-corrected chi connectivity index (χ3v) is 6.15. The number of hydrogen-bond donors (Lipinski definition) is 1. The Balaban J connectivity index is 1.26. The molecule has 1 atom stereocenters. The van der Waals surface area contributed by atoms with Crippen molar-refractivity contribution in [2.45, 2.75) is 50.6 Å². The van der Waals surface area contributed by atoms with E-state index in [1.54, 1.807) is 0 Å². The topological polar surface area (TPSA) is 49.8 Å². The Bertz CT molecular complexity index is 821. The fraction of sp³-hybridized carbons (Fsp3) is 0.455. The number of benzene rings is 1. The highest BCUT2D eigenvalue weighted by Gasteiger charge is 2.26. The van der Waals surface area contributed by atoms with Crippen LogP contribution in [0.15, 0.2) is 41.6 Å². The first-order valence-electron chi connectivity index (χ1n) is 10.1. The SMILES string of the molecule is C1=NNC(c2ccc(Oc3ccc4c(c3)CCN(C3CCC3)CC4)nc2)C1. The lowest BCUT2D eigenvalue weighted by atomic mass is 9.91. The number of aromatic nitrogens is 1. The number of hydrogen-bond acceptors (Lipinski definition) is 5. The lowest BCUT2D eigenvalue weighted by Gasteiger charge is -2.36. The minimum atomic E-state index is 0.234. The number of rotatable bonds is 4. The van der Waals surface area contributed by atoms with Crippen LogP contribution < -0.4 is 10.2 Å². The predicted molar refractivity (Wildman–Crippen MR) is 106 cm³/mol. The Morgan fingerprint density at radius 1 is 1.04 bits per heavy atom. The third-order valence-electron chi connectivity index (χ3n) is 6.15. The molecule has 1 fully saturated rings. The zero-order valence-electron chi connectivity index (χ0n) is 15.6. The second-order valence-corrected chi connectivity index (χ2v) is 7.81. The molecule has 0 amide bonds. The van der Waals surface area contributed by atoms with Crippen LogP contribution in [0.4, 0.5) is 0 Å². The van der Waals surface area contributed by atoms with Crippen molar-refractivity contribution >= 4 is 6.21 Å². The average molecular weight is 362 g/mol. The normalized spacial score (nSPS) is 22.6. The lowest BCUT2D eigenvalue weighted by Crippen LogP contribution is -2.41. The summed E-state index contributed by atoms with van der Waals surface area (Å²) in [5, 5.41) is 4.07. The van der Waals surface area contributed by atoms with Crippen LogP contribution in [0.2, 0.25) is 0 Å². The third kappa shape index (κ3) is 3.56. The maximum atomic E-state index is 6.03. The highest BCUT2D eigenvalue weighted by molar-refractivity contribution is 5.60. The standard InChI is InChI=1S/C22H26N4O/c1-2-19(3-1)26-12-9-16-4-6-20(14-17(16)10-13-26)27-22-7-5-18(15-23-22)21-8-11-24-25-21/h4-7,11,14-15,19,21,25H,1-3,8-10,12-13H2. The minimum Gasteiger partial charge on any atom is -0.439 e. The molecular weight excluding hydrogens is 336 g/mol. The van der Waals surface area contributed by atoms with Gasteiger partial charge in [0.2, 0.25) is 5.88 Å². The summed E-state index contributed by atoms with van der Waals surface area (Å²) < 4.78 is 6.03. The number of pyridine rings is 1. The van der Waals surface area contributed by atoms with Gasteiger partial charge < -0.3 is 10.2 Å². The van der Waals surface area contributed by atoms with Crippen molar-refractivity contribution in [3.8, 4) is 11.6 Å². The second-order valence-electron chi connectivity index (χ2n) is 7.81. The first kappa shape index (κ1) is 16.8. The van der Waals surface area contributed by atoms with Gasteiger partial charge in [-0.1, -0.05) is 12.5 Å². The van der Waals surface area contributed by atoms with Crippen LogP contribution >= 0.6 is 0 Å². The summed E-state index contributed by atoms with van der Waals surface area (Å²) in [5.74, 6) is 1.52. The number of fused-ring (bicyclic) bond motifs is 1. The highest BCUT2D eigenvalue weighted by Crippen LogP contribution is 2.30. The molecule has 27 heavy (non-hydrogen) atoms. The van der Waals surface area contributed by atoms with Gasteiger partial charge in [-0.25, -0.2) is 4.98 Å². The Kier molecular flexibility index (Phi) is 4.54. The summed E-state index contributed by atoms with van der Waals surface area (Å²) in [6.07, 6.45) is 11.1. The summed E-state index contributed by atoms with van der Waals surface area (Å²) in [7, 11) is 0. The van der Waals surface area contributed by atoms with Crippen LogP contribution in [0.1, 0.15) is 48.4 Å². The zero-order valence-corrected chi connectivity index (χ0v) is 15.6. The van der Waals surface area contributed by atoms with Crippen LogP contribution in [0.5, 0.6) is 11.6 Å². The number of nitrogens with one attached hydrogen (secondary N) is 1. The van der Waals surface area contributed by atoms with E-state index in [4.69, 9.17) is 4.74 Å². The van der Waals surface area contributed by atoms with E-state index in [9.17, 15) is 0 Å². The van der Waals surface area contributed by atoms with Crippen molar-refractivity contribution in [3.63, 3.8) is 0 Å². The van der Waals surface area contributed by atoms with Gasteiger partial charge in [0, 0.05) is 44.0 Å². The van der Waals surface area contributed by atoms with Gasteiger partial charge in [-0.05, 0) is 60.6 Å². The molecule has 5 rings (SSSR count). The summed E-state index contributed by atoms with van der Waals surface area (Å²) in [6.45, 7) is 2.37. The Hall–Kier alpha value is -2.40. The van der Waals surface area contributed by atoms with Crippen molar-refractivity contribution in [3.05, 3.63) is 53.2 Å². The van der Waals surface area contributed by atoms with Crippen molar-refractivity contribution in [1.82, 2.24) is 15.3 Å². The molecule has 0 bridgehead atoms. The number of nitrogens with zero attached hydrogens (tertiary/aromatic N) is 3. The molecule has 1 aromatic heterocycles. The molecule has 5 heteroatoms. The molecular formula is C22H26N4O. The van der Waals surface area contributed by atoms with Crippen LogP contribution in [0.3, 0.4) is 0 Å². The molecule has 2 aromatic rings. The first-order chi connectivity index (χ1) is 13.3. The summed E-state index contributed by atoms with van der Waals surface area (Å²) in [6, 6.07) is 11.6. The van der Waals surface area contributed by atoms with Gasteiger partial charge in [-0.3, -0.25) is 4.90 Å².